The molecule has 0 amide bonds. The van der Waals surface area contributed by atoms with Crippen LogP contribution in [0.1, 0.15) is 90.9 Å². The Morgan fingerprint density at radius 3 is 1.65 bits per heavy atom. The van der Waals surface area contributed by atoms with E-state index in [1.807, 2.05) is 6.92 Å². The van der Waals surface area contributed by atoms with Gasteiger partial charge in [-0.1, -0.05) is 74.8 Å². The Kier molecular flexibility index (Phi) is 20.2. The summed E-state index contributed by atoms with van der Waals surface area (Å²) < 4.78 is 4.91. The summed E-state index contributed by atoms with van der Waals surface area (Å²) in [6.45, 7) is 4.58. The van der Waals surface area contributed by atoms with E-state index in [0.717, 1.165) is 44.9 Å². The van der Waals surface area contributed by atoms with Crippen molar-refractivity contribution in [3.05, 3.63) is 48.6 Å². The molecule has 26 heavy (non-hydrogen) atoms. The van der Waals surface area contributed by atoms with Crippen molar-refractivity contribution < 1.29 is 9.53 Å². The van der Waals surface area contributed by atoms with Gasteiger partial charge >= 0.3 is 5.97 Å². The van der Waals surface area contributed by atoms with Gasteiger partial charge in [0, 0.05) is 6.42 Å². The van der Waals surface area contributed by atoms with Crippen LogP contribution in [0.25, 0.3) is 0 Å². The van der Waals surface area contributed by atoms with Crippen molar-refractivity contribution >= 4 is 5.97 Å². The largest absolute Gasteiger partial charge is 0.466 e. The number of ether oxygens (including phenoxy) is 1. The van der Waals surface area contributed by atoms with Gasteiger partial charge < -0.3 is 4.74 Å². The summed E-state index contributed by atoms with van der Waals surface area (Å²) in [6, 6.07) is 0. The molecule has 0 aromatic heterocycles. The van der Waals surface area contributed by atoms with Crippen LogP contribution in [0.4, 0.5) is 0 Å². The van der Waals surface area contributed by atoms with Gasteiger partial charge in [0.05, 0.1) is 6.61 Å². The minimum absolute atomic E-state index is 0.0646. The normalized spacial score (nSPS) is 12.2. The summed E-state index contributed by atoms with van der Waals surface area (Å²) in [7, 11) is 0. The fourth-order valence-electron chi connectivity index (χ4n) is 2.50. The predicted molar refractivity (Wildman–Crippen MR) is 114 cm³/mol. The summed E-state index contributed by atoms with van der Waals surface area (Å²) in [6.07, 6.45) is 31.1. The molecule has 0 bridgehead atoms. The molecule has 0 fully saturated rings. The van der Waals surface area contributed by atoms with Crippen LogP contribution >= 0.6 is 0 Å². The number of carbonyl (C=O) groups excluding carboxylic acids is 1. The smallest absolute Gasteiger partial charge is 0.305 e. The van der Waals surface area contributed by atoms with Gasteiger partial charge in [-0.3, -0.25) is 4.79 Å². The van der Waals surface area contributed by atoms with Crippen molar-refractivity contribution in [2.24, 2.45) is 0 Å². The summed E-state index contributed by atoms with van der Waals surface area (Å²) in [5.41, 5.74) is 0. The molecule has 0 aliphatic rings. The highest BCUT2D eigenvalue weighted by Gasteiger charge is 1.99. The van der Waals surface area contributed by atoms with Gasteiger partial charge in [0.25, 0.3) is 0 Å². The molecule has 0 saturated carbocycles. The highest BCUT2D eigenvalue weighted by atomic mass is 16.5. The van der Waals surface area contributed by atoms with Crippen LogP contribution in [0.5, 0.6) is 0 Å². The number of allylic oxidation sites excluding steroid dienone is 8. The maximum Gasteiger partial charge on any atom is 0.305 e. The lowest BCUT2D eigenvalue weighted by molar-refractivity contribution is -0.143. The average molecular weight is 361 g/mol. The van der Waals surface area contributed by atoms with E-state index in [2.05, 4.69) is 55.5 Å². The molecule has 0 aliphatic heterocycles. The van der Waals surface area contributed by atoms with E-state index >= 15 is 0 Å². The molecule has 0 rings (SSSR count). The average Bonchev–Trinajstić information content (AvgIpc) is 2.64. The summed E-state index contributed by atoms with van der Waals surface area (Å²) in [5, 5.41) is 0. The number of hydrogen-bond donors (Lipinski definition) is 0. The molecular formula is C24H40O2. The SMILES string of the molecule is CCCCCC=CCC=CCC=CC/C=C\CCCCCC(=O)OCC. The minimum Gasteiger partial charge on any atom is -0.466 e. The Balaban J connectivity index is 3.40. The second-order valence-electron chi connectivity index (χ2n) is 6.49. The van der Waals surface area contributed by atoms with Gasteiger partial charge in [-0.05, 0) is 58.3 Å². The first-order valence-corrected chi connectivity index (χ1v) is 10.6. The van der Waals surface area contributed by atoms with Crippen molar-refractivity contribution in [3.8, 4) is 0 Å². The minimum atomic E-state index is -0.0646. The number of carbonyl (C=O) groups is 1. The third-order valence-electron chi connectivity index (χ3n) is 4.01. The van der Waals surface area contributed by atoms with Crippen molar-refractivity contribution in [2.75, 3.05) is 6.61 Å². The number of hydrogen-bond acceptors (Lipinski definition) is 2. The van der Waals surface area contributed by atoms with E-state index in [1.54, 1.807) is 0 Å². The third kappa shape index (κ3) is 20.5. The molecule has 0 aromatic rings. The monoisotopic (exact) mass is 360 g/mol. The van der Waals surface area contributed by atoms with Gasteiger partial charge in [-0.15, -0.1) is 0 Å². The van der Waals surface area contributed by atoms with Crippen LogP contribution in [-0.4, -0.2) is 12.6 Å². The van der Waals surface area contributed by atoms with E-state index in [1.165, 1.54) is 25.7 Å². The Morgan fingerprint density at radius 1 is 0.654 bits per heavy atom. The fourth-order valence-corrected chi connectivity index (χ4v) is 2.50. The van der Waals surface area contributed by atoms with Crippen LogP contribution < -0.4 is 0 Å². The molecule has 2 nitrogen and oxygen atoms in total. The number of esters is 1. The molecule has 0 unspecified atom stereocenters. The van der Waals surface area contributed by atoms with Crippen molar-refractivity contribution in [1.82, 2.24) is 0 Å². The molecule has 148 valence electrons. The fraction of sp³-hybridized carbons (Fsp3) is 0.625. The van der Waals surface area contributed by atoms with Crippen molar-refractivity contribution in [3.63, 3.8) is 0 Å². The molecule has 0 N–H and O–H groups in total. The maximum absolute atomic E-state index is 11.2. The molecule has 2 heteroatoms. The molecule has 0 aliphatic carbocycles. The second kappa shape index (κ2) is 21.5. The number of rotatable bonds is 17. The standard InChI is InChI=1S/C24H40O2/c1-3-5-6-7-8-9-10-11-12-13-14-15-16-17-18-19-20-21-22-23-24(25)26-4-2/h8-9,11-12,14-15,17-18H,3-7,10,13,16,19-23H2,1-2H3/b9-8?,12-11?,15-14?,18-17-. The van der Waals surface area contributed by atoms with E-state index in [9.17, 15) is 4.79 Å². The zero-order valence-corrected chi connectivity index (χ0v) is 17.1. The van der Waals surface area contributed by atoms with Crippen molar-refractivity contribution in [1.29, 1.82) is 0 Å². The summed E-state index contributed by atoms with van der Waals surface area (Å²) in [5.74, 6) is -0.0646. The molecule has 0 atom stereocenters. The summed E-state index contributed by atoms with van der Waals surface area (Å²) in [4.78, 5) is 11.2. The lowest BCUT2D eigenvalue weighted by Crippen LogP contribution is -2.02. The van der Waals surface area contributed by atoms with Gasteiger partial charge in [0.2, 0.25) is 0 Å². The van der Waals surface area contributed by atoms with Crippen molar-refractivity contribution in [2.45, 2.75) is 90.9 Å². The van der Waals surface area contributed by atoms with E-state index in [0.29, 0.717) is 13.0 Å². The van der Waals surface area contributed by atoms with Crippen LogP contribution in [0.3, 0.4) is 0 Å². The van der Waals surface area contributed by atoms with Gasteiger partial charge in [-0.25, -0.2) is 0 Å². The van der Waals surface area contributed by atoms with Crippen LogP contribution in [0.2, 0.25) is 0 Å². The Labute approximate surface area is 162 Å². The first kappa shape index (κ1) is 24.4. The quantitative estimate of drug-likeness (QED) is 0.153. The highest BCUT2D eigenvalue weighted by molar-refractivity contribution is 5.69. The van der Waals surface area contributed by atoms with Crippen LogP contribution in [0.15, 0.2) is 48.6 Å². The van der Waals surface area contributed by atoms with Gasteiger partial charge in [0.1, 0.15) is 0 Å². The lowest BCUT2D eigenvalue weighted by Gasteiger charge is -2.00. The van der Waals surface area contributed by atoms with Gasteiger partial charge in [-0.2, -0.15) is 0 Å². The van der Waals surface area contributed by atoms with Gasteiger partial charge in [0.15, 0.2) is 0 Å². The zero-order valence-electron chi connectivity index (χ0n) is 17.1. The first-order chi connectivity index (χ1) is 12.8. The van der Waals surface area contributed by atoms with Crippen LogP contribution in [0, 0.1) is 0 Å². The third-order valence-corrected chi connectivity index (χ3v) is 4.01. The molecule has 0 spiro atoms. The van der Waals surface area contributed by atoms with E-state index in [-0.39, 0.29) is 5.97 Å². The predicted octanol–water partition coefficient (Wildman–Crippen LogP) is 7.48. The Bertz CT molecular complexity index is 416. The Hall–Kier alpha value is -1.57. The molecule has 0 saturated heterocycles. The topological polar surface area (TPSA) is 26.3 Å². The lowest BCUT2D eigenvalue weighted by atomic mass is 10.1. The molecule has 0 aromatic carbocycles. The highest BCUT2D eigenvalue weighted by Crippen LogP contribution is 2.05. The zero-order chi connectivity index (χ0) is 19.1. The second-order valence-corrected chi connectivity index (χ2v) is 6.49. The van der Waals surface area contributed by atoms with Crippen LogP contribution in [-0.2, 0) is 9.53 Å². The maximum atomic E-state index is 11.2. The van der Waals surface area contributed by atoms with E-state index < -0.39 is 0 Å². The molecule has 0 radical (unpaired) electrons. The molecular weight excluding hydrogens is 320 g/mol. The molecule has 0 heterocycles. The summed E-state index contributed by atoms with van der Waals surface area (Å²) >= 11 is 0. The Morgan fingerprint density at radius 2 is 1.15 bits per heavy atom. The van der Waals surface area contributed by atoms with E-state index in [4.69, 9.17) is 4.74 Å². The first-order valence-electron chi connectivity index (χ1n) is 10.6. The number of unbranched alkanes of at least 4 members (excludes halogenated alkanes) is 6.